The van der Waals surface area contributed by atoms with Gasteiger partial charge in [0.05, 0.1) is 0 Å². The van der Waals surface area contributed by atoms with Crippen LogP contribution in [0.15, 0.2) is 40.9 Å². The van der Waals surface area contributed by atoms with Crippen molar-refractivity contribution in [3.63, 3.8) is 0 Å². The number of halogens is 2. The van der Waals surface area contributed by atoms with Crippen LogP contribution in [0.3, 0.4) is 0 Å². The second-order valence-electron chi connectivity index (χ2n) is 3.32. The Labute approximate surface area is 107 Å². The van der Waals surface area contributed by atoms with E-state index in [9.17, 15) is 4.79 Å². The molecule has 4 heteroatoms. The highest BCUT2D eigenvalue weighted by Crippen LogP contribution is 2.29. The fourth-order valence-corrected chi connectivity index (χ4v) is 2.10. The number of hydrogen-bond acceptors (Lipinski definition) is 1. The molecule has 0 saturated heterocycles. The van der Waals surface area contributed by atoms with Crippen molar-refractivity contribution < 1.29 is 4.79 Å². The molecule has 2 aromatic rings. The highest BCUT2D eigenvalue weighted by molar-refractivity contribution is 9.10. The summed E-state index contributed by atoms with van der Waals surface area (Å²) in [5.41, 5.74) is 0.782. The Morgan fingerprint density at radius 2 is 1.88 bits per heavy atom. The van der Waals surface area contributed by atoms with Crippen LogP contribution < -0.4 is 5.32 Å². The van der Waals surface area contributed by atoms with E-state index in [1.54, 1.807) is 0 Å². The smallest absolute Gasteiger partial charge is 0.239 e. The van der Waals surface area contributed by atoms with Gasteiger partial charge in [-0.2, -0.15) is 0 Å². The number of hydrogen-bond donors (Lipinski definition) is 1. The lowest BCUT2D eigenvalue weighted by Gasteiger charge is -2.08. The Bertz CT molecular complexity index is 542. The van der Waals surface area contributed by atoms with Gasteiger partial charge < -0.3 is 5.32 Å². The van der Waals surface area contributed by atoms with Gasteiger partial charge in [0.2, 0.25) is 5.91 Å². The lowest BCUT2D eigenvalue weighted by Crippen LogP contribution is -2.12. The number of rotatable bonds is 2. The van der Waals surface area contributed by atoms with Gasteiger partial charge in [-0.3, -0.25) is 4.79 Å². The number of carbonyl (C=O) groups excluding carboxylic acids is 1. The molecule has 0 aromatic heterocycles. The van der Waals surface area contributed by atoms with Crippen LogP contribution in [-0.2, 0) is 4.79 Å². The Morgan fingerprint density at radius 1 is 1.19 bits per heavy atom. The summed E-state index contributed by atoms with van der Waals surface area (Å²) in [5.74, 6) is -0.237. The van der Waals surface area contributed by atoms with Crippen molar-refractivity contribution in [3.05, 3.63) is 40.9 Å². The highest BCUT2D eigenvalue weighted by atomic mass is 79.9. The second-order valence-corrected chi connectivity index (χ2v) is 4.44. The van der Waals surface area contributed by atoms with Crippen molar-refractivity contribution in [2.24, 2.45) is 0 Å². The standard InChI is InChI=1S/C12H9BrClNO/c13-10-5-6-11(15-12(16)7-14)9-4-2-1-3-8(9)10/h1-6H,7H2,(H,15,16). The van der Waals surface area contributed by atoms with Crippen molar-refractivity contribution in [2.45, 2.75) is 0 Å². The summed E-state index contributed by atoms with van der Waals surface area (Å²) in [7, 11) is 0. The van der Waals surface area contributed by atoms with E-state index >= 15 is 0 Å². The molecule has 1 N–H and O–H groups in total. The molecule has 0 fully saturated rings. The van der Waals surface area contributed by atoms with Gasteiger partial charge in [0.15, 0.2) is 0 Å². The molecule has 0 saturated carbocycles. The number of nitrogens with one attached hydrogen (secondary N) is 1. The Hall–Kier alpha value is -1.06. The average molecular weight is 299 g/mol. The van der Waals surface area contributed by atoms with E-state index in [4.69, 9.17) is 11.6 Å². The maximum absolute atomic E-state index is 11.3. The third-order valence-corrected chi connectivity index (χ3v) is 3.20. The summed E-state index contributed by atoms with van der Waals surface area (Å²) in [4.78, 5) is 11.3. The van der Waals surface area contributed by atoms with Crippen LogP contribution in [0.25, 0.3) is 10.8 Å². The van der Waals surface area contributed by atoms with Crippen LogP contribution in [0, 0.1) is 0 Å². The minimum absolute atomic E-state index is 0.0373. The molecule has 1 amide bonds. The molecule has 2 rings (SSSR count). The number of fused-ring (bicyclic) bond motifs is 1. The second kappa shape index (κ2) is 4.85. The van der Waals surface area contributed by atoms with Crippen molar-refractivity contribution in [2.75, 3.05) is 11.2 Å². The molecule has 0 aliphatic carbocycles. The largest absolute Gasteiger partial charge is 0.324 e. The van der Waals surface area contributed by atoms with E-state index in [1.165, 1.54) is 0 Å². The summed E-state index contributed by atoms with van der Waals surface area (Å²) in [5, 5.41) is 4.83. The minimum atomic E-state index is -0.200. The quantitative estimate of drug-likeness (QED) is 0.840. The summed E-state index contributed by atoms with van der Waals surface area (Å²) < 4.78 is 1.01. The van der Waals surface area contributed by atoms with Gasteiger partial charge in [-0.1, -0.05) is 40.2 Å². The van der Waals surface area contributed by atoms with E-state index in [2.05, 4.69) is 21.2 Å². The first-order valence-electron chi connectivity index (χ1n) is 4.75. The summed E-state index contributed by atoms with van der Waals surface area (Å²) in [6.45, 7) is 0. The predicted octanol–water partition coefficient (Wildman–Crippen LogP) is 3.78. The topological polar surface area (TPSA) is 29.1 Å². The van der Waals surface area contributed by atoms with Gasteiger partial charge in [-0.15, -0.1) is 11.6 Å². The van der Waals surface area contributed by atoms with Crippen molar-refractivity contribution in [1.82, 2.24) is 0 Å². The maximum Gasteiger partial charge on any atom is 0.239 e. The average Bonchev–Trinajstić information content (AvgIpc) is 2.33. The fourth-order valence-electron chi connectivity index (χ4n) is 1.55. The van der Waals surface area contributed by atoms with Crippen LogP contribution in [0.2, 0.25) is 0 Å². The Kier molecular flexibility index (Phi) is 3.46. The molecule has 0 heterocycles. The number of amides is 1. The van der Waals surface area contributed by atoms with E-state index in [0.29, 0.717) is 0 Å². The molecular weight excluding hydrogens is 289 g/mol. The van der Waals surface area contributed by atoms with Gasteiger partial charge in [0, 0.05) is 15.5 Å². The number of alkyl halides is 1. The van der Waals surface area contributed by atoms with Crippen LogP contribution in [0.1, 0.15) is 0 Å². The molecule has 0 aliphatic heterocycles. The lowest BCUT2D eigenvalue weighted by molar-refractivity contribution is -0.113. The zero-order chi connectivity index (χ0) is 11.5. The fraction of sp³-hybridized carbons (Fsp3) is 0.0833. The molecule has 0 atom stereocenters. The van der Waals surface area contributed by atoms with Crippen molar-refractivity contribution in [3.8, 4) is 0 Å². The first-order chi connectivity index (χ1) is 7.72. The normalized spacial score (nSPS) is 10.4. The van der Waals surface area contributed by atoms with E-state index in [-0.39, 0.29) is 11.8 Å². The van der Waals surface area contributed by atoms with Gasteiger partial charge >= 0.3 is 0 Å². The molecule has 82 valence electrons. The first kappa shape index (κ1) is 11.4. The van der Waals surface area contributed by atoms with Crippen molar-refractivity contribution >= 4 is 49.9 Å². The third-order valence-electron chi connectivity index (χ3n) is 2.27. The third kappa shape index (κ3) is 2.20. The zero-order valence-electron chi connectivity index (χ0n) is 8.34. The van der Waals surface area contributed by atoms with Gasteiger partial charge in [0.25, 0.3) is 0 Å². The number of carbonyl (C=O) groups is 1. The van der Waals surface area contributed by atoms with Gasteiger partial charge in [-0.05, 0) is 17.5 Å². The van der Waals surface area contributed by atoms with Gasteiger partial charge in [0.1, 0.15) is 5.88 Å². The monoisotopic (exact) mass is 297 g/mol. The molecule has 0 aliphatic rings. The zero-order valence-corrected chi connectivity index (χ0v) is 10.7. The summed E-state index contributed by atoms with van der Waals surface area (Å²) in [6, 6.07) is 11.6. The Morgan fingerprint density at radius 3 is 2.56 bits per heavy atom. The molecular formula is C12H9BrClNO. The summed E-state index contributed by atoms with van der Waals surface area (Å²) >= 11 is 8.94. The molecule has 0 spiro atoms. The number of benzene rings is 2. The highest BCUT2D eigenvalue weighted by Gasteiger charge is 2.06. The summed E-state index contributed by atoms with van der Waals surface area (Å²) in [6.07, 6.45) is 0. The molecule has 0 unspecified atom stereocenters. The molecule has 0 radical (unpaired) electrons. The van der Waals surface area contributed by atoms with E-state index in [0.717, 1.165) is 20.9 Å². The maximum atomic E-state index is 11.3. The molecule has 2 aromatic carbocycles. The first-order valence-corrected chi connectivity index (χ1v) is 6.08. The van der Waals surface area contributed by atoms with Crippen LogP contribution >= 0.6 is 27.5 Å². The SMILES string of the molecule is O=C(CCl)Nc1ccc(Br)c2ccccc12. The molecule has 2 nitrogen and oxygen atoms in total. The molecule has 16 heavy (non-hydrogen) atoms. The van der Waals surface area contributed by atoms with Crippen LogP contribution in [-0.4, -0.2) is 11.8 Å². The lowest BCUT2D eigenvalue weighted by atomic mass is 10.1. The Balaban J connectivity index is 2.54. The van der Waals surface area contributed by atoms with Crippen molar-refractivity contribution in [1.29, 1.82) is 0 Å². The van der Waals surface area contributed by atoms with E-state index in [1.807, 2.05) is 36.4 Å². The number of anilines is 1. The van der Waals surface area contributed by atoms with Gasteiger partial charge in [-0.25, -0.2) is 0 Å². The van der Waals surface area contributed by atoms with Crippen LogP contribution in [0.5, 0.6) is 0 Å². The minimum Gasteiger partial charge on any atom is -0.324 e. The van der Waals surface area contributed by atoms with Crippen LogP contribution in [0.4, 0.5) is 5.69 Å². The molecule has 0 bridgehead atoms. The van der Waals surface area contributed by atoms with E-state index < -0.39 is 0 Å². The predicted molar refractivity (Wildman–Crippen MR) is 71.0 cm³/mol.